The second-order valence-corrected chi connectivity index (χ2v) is 5.07. The summed E-state index contributed by atoms with van der Waals surface area (Å²) in [6.45, 7) is -1.54. The highest BCUT2D eigenvalue weighted by Gasteiger charge is 2.41. The van der Waals surface area contributed by atoms with E-state index in [0.717, 1.165) is 24.1 Å². The Hall–Kier alpha value is -3.97. The number of pyridine rings is 2. The predicted octanol–water partition coefficient (Wildman–Crippen LogP) is 1.47. The Bertz CT molecular complexity index is 878. The number of hydrogen-bond acceptors (Lipinski definition) is 9. The zero-order chi connectivity index (χ0) is 22.7. The van der Waals surface area contributed by atoms with Crippen molar-refractivity contribution in [1.29, 1.82) is 0 Å². The molecule has 0 spiro atoms. The van der Waals surface area contributed by atoms with Gasteiger partial charge in [-0.15, -0.1) is 0 Å². The molecule has 0 aromatic carbocycles. The molecule has 0 saturated carbocycles. The van der Waals surface area contributed by atoms with Crippen LogP contribution >= 0.6 is 0 Å². The van der Waals surface area contributed by atoms with Crippen molar-refractivity contribution in [2.24, 2.45) is 0 Å². The highest BCUT2D eigenvalue weighted by molar-refractivity contribution is 5.75. The van der Waals surface area contributed by atoms with Gasteiger partial charge in [0.1, 0.15) is 6.61 Å². The number of carbonyl (C=O) groups excluding carboxylic acids is 2. The van der Waals surface area contributed by atoms with Gasteiger partial charge < -0.3 is 19.4 Å². The van der Waals surface area contributed by atoms with E-state index >= 15 is 0 Å². The number of hydrogen-bond donors (Lipinski definition) is 0. The van der Waals surface area contributed by atoms with Crippen molar-refractivity contribution in [2.75, 3.05) is 13.7 Å². The highest BCUT2D eigenvalue weighted by Crippen LogP contribution is 2.27. The summed E-state index contributed by atoms with van der Waals surface area (Å²) >= 11 is 0. The largest absolute Gasteiger partial charge is 0.619 e. The van der Waals surface area contributed by atoms with Crippen molar-refractivity contribution in [2.45, 2.75) is 12.8 Å². The lowest BCUT2D eigenvalue weighted by molar-refractivity contribution is -0.605. The molecule has 0 saturated heterocycles. The van der Waals surface area contributed by atoms with Gasteiger partial charge in [-0.3, -0.25) is 15.1 Å². The Balaban J connectivity index is 0.000000539. The van der Waals surface area contributed by atoms with Gasteiger partial charge >= 0.3 is 23.8 Å². The minimum Gasteiger partial charge on any atom is -0.619 e. The van der Waals surface area contributed by atoms with Crippen molar-refractivity contribution >= 4 is 17.6 Å². The summed E-state index contributed by atoms with van der Waals surface area (Å²) < 4.78 is 49.7. The van der Waals surface area contributed by atoms with E-state index in [4.69, 9.17) is 4.74 Å². The Kier molecular flexibility index (Phi) is 8.93. The van der Waals surface area contributed by atoms with Crippen LogP contribution in [0.15, 0.2) is 42.9 Å². The number of carbonyl (C=O) groups is 2. The molecule has 0 unspecified atom stereocenters. The van der Waals surface area contributed by atoms with Crippen LogP contribution in [0, 0.1) is 15.3 Å². The number of halogens is 3. The standard InChI is InChI=1S/C11H9F3N2O7.C5H5NO/c1-21-9(17)5-22-8-3-15-6(2-7(8)16(19)20)4-23-10(18)11(12,13)14;7-6-4-2-1-3-5-6/h2-3H,4-5H2,1H3;1-5H. The molecule has 0 aliphatic rings. The molecule has 0 aliphatic heterocycles. The van der Waals surface area contributed by atoms with Crippen LogP contribution in [0.2, 0.25) is 0 Å². The van der Waals surface area contributed by atoms with Gasteiger partial charge in [0.05, 0.1) is 23.9 Å². The third-order valence-corrected chi connectivity index (χ3v) is 2.94. The first-order valence-electron chi connectivity index (χ1n) is 7.75. The smallest absolute Gasteiger partial charge is 0.490 e. The Labute approximate surface area is 166 Å². The summed E-state index contributed by atoms with van der Waals surface area (Å²) in [6, 6.07) is 5.94. The SMILES string of the molecule is COC(=O)COc1cnc(COC(=O)C(F)(F)F)cc1[N+](=O)[O-].[O-][n+]1ccccc1. The van der Waals surface area contributed by atoms with Gasteiger partial charge in [0.2, 0.25) is 5.75 Å². The number of alkyl halides is 3. The van der Waals surface area contributed by atoms with Crippen molar-refractivity contribution in [3.63, 3.8) is 0 Å². The molecule has 0 amide bonds. The molecule has 0 atom stereocenters. The van der Waals surface area contributed by atoms with E-state index in [2.05, 4.69) is 14.5 Å². The van der Waals surface area contributed by atoms with Gasteiger partial charge in [0, 0.05) is 18.2 Å². The van der Waals surface area contributed by atoms with Crippen LogP contribution < -0.4 is 9.47 Å². The molecule has 2 aromatic rings. The first kappa shape index (κ1) is 24.1. The number of ether oxygens (including phenoxy) is 3. The Morgan fingerprint density at radius 2 is 1.87 bits per heavy atom. The van der Waals surface area contributed by atoms with Crippen LogP contribution in [0.5, 0.6) is 5.75 Å². The van der Waals surface area contributed by atoms with Crippen LogP contribution in [0.25, 0.3) is 0 Å². The van der Waals surface area contributed by atoms with Crippen molar-refractivity contribution in [3.8, 4) is 5.75 Å². The Morgan fingerprint density at radius 3 is 2.33 bits per heavy atom. The molecule has 0 radical (unpaired) electrons. The number of methoxy groups -OCH3 is 1. The predicted molar refractivity (Wildman–Crippen MR) is 89.7 cm³/mol. The normalized spacial score (nSPS) is 10.3. The van der Waals surface area contributed by atoms with Gasteiger partial charge in [-0.1, -0.05) is 6.07 Å². The molecule has 2 rings (SSSR count). The molecule has 0 N–H and O–H groups in total. The van der Waals surface area contributed by atoms with E-state index in [9.17, 15) is 38.1 Å². The summed E-state index contributed by atoms with van der Waals surface area (Å²) in [5, 5.41) is 21.1. The van der Waals surface area contributed by atoms with Crippen LogP contribution in [-0.2, 0) is 25.7 Å². The summed E-state index contributed by atoms with van der Waals surface area (Å²) in [5.41, 5.74) is -0.971. The molecule has 30 heavy (non-hydrogen) atoms. The lowest BCUT2D eigenvalue weighted by atomic mass is 10.3. The van der Waals surface area contributed by atoms with Gasteiger partial charge in [0.15, 0.2) is 19.0 Å². The molecule has 0 aliphatic carbocycles. The van der Waals surface area contributed by atoms with Gasteiger partial charge in [-0.25, -0.2) is 9.59 Å². The minimum atomic E-state index is -5.19. The zero-order valence-electron chi connectivity index (χ0n) is 15.2. The summed E-state index contributed by atoms with van der Waals surface area (Å²) in [6.07, 6.45) is -1.48. The molecule has 2 aromatic heterocycles. The third kappa shape index (κ3) is 8.37. The van der Waals surface area contributed by atoms with Gasteiger partial charge in [-0.05, 0) is 0 Å². The van der Waals surface area contributed by atoms with E-state index in [1.807, 2.05) is 0 Å². The molecule has 0 fully saturated rings. The average Bonchev–Trinajstić information content (AvgIpc) is 2.70. The Morgan fingerprint density at radius 1 is 1.23 bits per heavy atom. The second kappa shape index (κ2) is 11.1. The fourth-order valence-electron chi connectivity index (χ4n) is 1.61. The average molecular weight is 433 g/mol. The maximum Gasteiger partial charge on any atom is 0.490 e. The van der Waals surface area contributed by atoms with Crippen LogP contribution in [0.3, 0.4) is 0 Å². The molecule has 2 heterocycles. The van der Waals surface area contributed by atoms with Crippen molar-refractivity contribution in [1.82, 2.24) is 4.98 Å². The number of rotatable bonds is 6. The molecule has 162 valence electrons. The maximum absolute atomic E-state index is 12.0. The van der Waals surface area contributed by atoms with Gasteiger partial charge in [-0.2, -0.15) is 17.9 Å². The summed E-state index contributed by atoms with van der Waals surface area (Å²) in [7, 11) is 1.08. The van der Waals surface area contributed by atoms with Crippen molar-refractivity contribution in [3.05, 3.63) is 63.9 Å². The second-order valence-electron chi connectivity index (χ2n) is 5.07. The molecular formula is C16H14F3N3O8. The first-order valence-corrected chi connectivity index (χ1v) is 7.75. The quantitative estimate of drug-likeness (QED) is 0.217. The van der Waals surface area contributed by atoms with Crippen LogP contribution in [0.4, 0.5) is 18.9 Å². The van der Waals surface area contributed by atoms with E-state index < -0.39 is 47.7 Å². The third-order valence-electron chi connectivity index (χ3n) is 2.94. The molecule has 11 nitrogen and oxygen atoms in total. The fourth-order valence-corrected chi connectivity index (χ4v) is 1.61. The maximum atomic E-state index is 12.0. The van der Waals surface area contributed by atoms with Crippen LogP contribution in [0.1, 0.15) is 5.69 Å². The highest BCUT2D eigenvalue weighted by atomic mass is 19.4. The van der Waals surface area contributed by atoms with Gasteiger partial charge in [0.25, 0.3) is 0 Å². The van der Waals surface area contributed by atoms with E-state index in [-0.39, 0.29) is 5.69 Å². The zero-order valence-corrected chi connectivity index (χ0v) is 15.2. The lowest BCUT2D eigenvalue weighted by Crippen LogP contribution is -2.25. The molecule has 0 bridgehead atoms. The van der Waals surface area contributed by atoms with Crippen molar-refractivity contribution < 1.29 is 46.6 Å². The van der Waals surface area contributed by atoms with E-state index in [1.54, 1.807) is 18.2 Å². The number of nitro groups is 1. The number of aromatic nitrogens is 2. The van der Waals surface area contributed by atoms with E-state index in [0.29, 0.717) is 0 Å². The fraction of sp³-hybridized carbons (Fsp3) is 0.250. The number of esters is 2. The summed E-state index contributed by atoms with van der Waals surface area (Å²) in [5.74, 6) is -3.65. The molecule has 14 heteroatoms. The number of nitrogens with zero attached hydrogens (tertiary/aromatic N) is 3. The lowest BCUT2D eigenvalue weighted by Gasteiger charge is -2.08. The van der Waals surface area contributed by atoms with Crippen LogP contribution in [-0.4, -0.2) is 41.7 Å². The first-order chi connectivity index (χ1) is 14.0. The minimum absolute atomic E-state index is 0.306. The topological polar surface area (TPSA) is 145 Å². The van der Waals surface area contributed by atoms with E-state index in [1.165, 1.54) is 12.4 Å². The summed E-state index contributed by atoms with van der Waals surface area (Å²) in [4.78, 5) is 35.0. The monoisotopic (exact) mass is 433 g/mol. The molecular weight excluding hydrogens is 419 g/mol.